The normalized spacial score (nSPS) is 13.2. The maximum Gasteiger partial charge on any atom is 0.308 e. The minimum Gasteiger partial charge on any atom is -0.399 e. The monoisotopic (exact) mass is 2010 g/mol. The number of amides is 11. The van der Waals surface area contributed by atoms with Crippen LogP contribution < -0.4 is 62.6 Å². The van der Waals surface area contributed by atoms with E-state index in [-0.39, 0.29) is 81.3 Å². The van der Waals surface area contributed by atoms with Crippen LogP contribution in [-0.4, -0.2) is 135 Å². The molecule has 4 fully saturated rings. The van der Waals surface area contributed by atoms with Crippen molar-refractivity contribution in [3.63, 3.8) is 0 Å². The number of halogens is 5. The van der Waals surface area contributed by atoms with Crippen LogP contribution in [0.1, 0.15) is 177 Å². The number of benzene rings is 8. The van der Waals surface area contributed by atoms with Gasteiger partial charge in [-0.3, -0.25) is 72.6 Å². The quantitative estimate of drug-likeness (QED) is 0.0123. The predicted molar refractivity (Wildman–Crippen MR) is 535 cm³/mol. The molecule has 4 saturated heterocycles. The summed E-state index contributed by atoms with van der Waals surface area (Å²) in [5.41, 5.74) is 13.7. The average Bonchev–Trinajstić information content (AvgIpc) is 0.799. The van der Waals surface area contributed by atoms with Gasteiger partial charge in [0, 0.05) is 157 Å². The second kappa shape index (κ2) is 49.4. The topological polar surface area (TPSA) is 501 Å². The molecule has 0 atom stereocenters. The van der Waals surface area contributed by atoms with Crippen LogP contribution >= 0.6 is 58.0 Å². The number of nitro benzene ring substituents is 1. The molecule has 0 unspecified atom stereocenters. The van der Waals surface area contributed by atoms with Gasteiger partial charge in [-0.05, 0) is 264 Å². The molecule has 4 aliphatic rings. The zero-order valence-electron chi connectivity index (χ0n) is 74.6. The molecule has 4 aliphatic heterocycles. The first kappa shape index (κ1) is 103. The van der Waals surface area contributed by atoms with Crippen LogP contribution in [0.15, 0.2) is 237 Å². The van der Waals surface area contributed by atoms with Crippen LogP contribution in [0.3, 0.4) is 0 Å². The number of nitrogens with two attached hydrogens (primary N) is 1. The summed E-state index contributed by atoms with van der Waals surface area (Å²) in [4.78, 5) is 185. The summed E-state index contributed by atoms with van der Waals surface area (Å²) in [6.07, 6.45) is 14.9. The summed E-state index contributed by atoms with van der Waals surface area (Å²) in [5.74, 6) is -2.47. The van der Waals surface area contributed by atoms with Crippen molar-refractivity contribution in [2.45, 2.75) is 97.0 Å². The van der Waals surface area contributed by atoms with Crippen molar-refractivity contribution < 1.29 is 76.0 Å². The Hall–Kier alpha value is -15.6. The molecular formula is C99H89Cl5N18O17S. The van der Waals surface area contributed by atoms with E-state index >= 15 is 0 Å². The molecule has 35 nitrogen and oxygen atoms in total. The van der Waals surface area contributed by atoms with Crippen molar-refractivity contribution in [3.05, 3.63) is 334 Å². The number of nitrogens with zero attached hydrogens (tertiary/aromatic N) is 9. The van der Waals surface area contributed by atoms with Crippen molar-refractivity contribution in [2.75, 3.05) is 88.7 Å². The molecule has 8 heterocycles. The van der Waals surface area contributed by atoms with Crippen molar-refractivity contribution in [3.8, 4) is 0 Å². The van der Waals surface area contributed by atoms with Crippen LogP contribution in [0.2, 0.25) is 25.1 Å². The number of hydrogen-bond acceptors (Lipinski definition) is 23. The number of carbonyl (C=O) groups excluding carboxylic acids is 12. The van der Waals surface area contributed by atoms with E-state index in [0.29, 0.717) is 150 Å². The Morgan fingerprint density at radius 3 is 1.09 bits per heavy atom. The SMILES string of the molecule is Cc1ccc(NC(=O)c2ccc(N3CCCCC3=O)cc2)c(C(=O)Nc2ccc(Cl)cn2)c1.N=S(=O)=O.Nc1ccc(NC(=O)c2ccc(N3CCCCC3=O)cc2)c(C(=O)Nc2ccc(Cl)cn2)c1.O=C(Cc1cc(Cl)cc(CO)c1C(=O)Nc1ccc(N2CCCCC2=O)cc1)c1ccc(Cl)cn1.O=C(Nc1ccc([N+](=O)[O-])cc1C(=O)Nc1ccc(Cl)cn1)c1ccc(N2CCCCC2=O)cc1. The summed E-state index contributed by atoms with van der Waals surface area (Å²) in [6, 6.07) is 56.2. The van der Waals surface area contributed by atoms with E-state index in [1.54, 1.807) is 171 Å². The van der Waals surface area contributed by atoms with Gasteiger partial charge < -0.3 is 67.7 Å². The number of piperidine rings is 4. The average molecular weight is 2010 g/mol. The highest BCUT2D eigenvalue weighted by Gasteiger charge is 2.29. The third-order valence-corrected chi connectivity index (χ3v) is 23.0. The van der Waals surface area contributed by atoms with Crippen molar-refractivity contribution in [1.29, 1.82) is 4.78 Å². The van der Waals surface area contributed by atoms with Gasteiger partial charge in [0.15, 0.2) is 5.78 Å². The number of anilines is 12. The molecule has 4 aromatic heterocycles. The number of aromatic nitrogens is 4. The van der Waals surface area contributed by atoms with Gasteiger partial charge in [0.05, 0.1) is 65.4 Å². The van der Waals surface area contributed by atoms with E-state index in [1.165, 1.54) is 73.3 Å². The molecule has 0 radical (unpaired) electrons. The summed E-state index contributed by atoms with van der Waals surface area (Å²) in [5, 5.41) is 42.0. The minimum absolute atomic E-state index is 0.0464. The Morgan fingerprint density at radius 2 is 0.743 bits per heavy atom. The van der Waals surface area contributed by atoms with Crippen LogP contribution in [0, 0.1) is 21.8 Å². The Labute approximate surface area is 828 Å². The van der Waals surface area contributed by atoms with Gasteiger partial charge >= 0.3 is 10.5 Å². The maximum absolute atomic E-state index is 13.3. The van der Waals surface area contributed by atoms with Gasteiger partial charge in [-0.25, -0.2) is 15.0 Å². The van der Waals surface area contributed by atoms with Crippen molar-refractivity contribution >= 4 is 214 Å². The number of ketones is 1. The largest absolute Gasteiger partial charge is 0.399 e. The summed E-state index contributed by atoms with van der Waals surface area (Å²) < 4.78 is 22.8. The summed E-state index contributed by atoms with van der Waals surface area (Å²) in [6.45, 7) is 4.11. The molecule has 11 amide bonds. The molecular weight excluding hydrogens is 1920 g/mol. The molecule has 0 bridgehead atoms. The van der Waals surface area contributed by atoms with E-state index in [9.17, 15) is 72.8 Å². The summed E-state index contributed by atoms with van der Waals surface area (Å²) in [7, 11) is -2.61. The number of carbonyl (C=O) groups is 12. The first-order valence-electron chi connectivity index (χ1n) is 43.5. The third kappa shape index (κ3) is 29.0. The number of nitro groups is 1. The van der Waals surface area contributed by atoms with E-state index < -0.39 is 57.5 Å². The number of rotatable bonds is 23. The predicted octanol–water partition coefficient (Wildman–Crippen LogP) is 18.8. The zero-order valence-corrected chi connectivity index (χ0v) is 79.2. The fourth-order valence-corrected chi connectivity index (χ4v) is 15.6. The van der Waals surface area contributed by atoms with Gasteiger partial charge in [-0.1, -0.05) is 69.6 Å². The highest BCUT2D eigenvalue weighted by atomic mass is 35.5. The number of aliphatic hydroxyl groups is 1. The van der Waals surface area contributed by atoms with E-state index in [0.717, 1.165) is 80.1 Å². The Kier molecular flexibility index (Phi) is 36.5. The van der Waals surface area contributed by atoms with Crippen molar-refractivity contribution in [1.82, 2.24) is 19.9 Å². The molecule has 11 N–H and O–H groups in total. The van der Waals surface area contributed by atoms with Crippen LogP contribution in [0.25, 0.3) is 0 Å². The van der Waals surface area contributed by atoms with E-state index in [1.807, 2.05) is 13.0 Å². The standard InChI is InChI=1S/C26H23Cl2N3O4.C25H23ClN4O3.C24H20ClN5O5.C24H22ClN5O3.HNO2S/c27-18-4-9-22(29-14-18)23(33)13-16-11-19(28)12-17(15-32)25(16)26(35)30-20-5-7-21(8-6-20)31-10-2-1-3-24(31)34;1-16-5-11-21(20(14-16)25(33)29-22-12-8-18(26)15-27-22)28-24(32)17-6-9-19(10-7-17)30-13-3-2-4-23(30)31;25-16-6-11-21(26-14-16)28-24(33)19-13-18(30(34)35)9-10-20(19)27-23(32)15-4-7-17(8-5-15)29-12-2-1-3-22(29)31;25-16-6-11-21(27-14-16)29-24(33)19-13-17(26)7-10-20(19)28-23(32)15-4-8-18(9-5-15)30-12-2-1-3-22(30)31;1-4(2)3/h4-9,11-12,14,32H,1-3,10,13,15H2,(H,30,35);5-12,14-15H,2-4,13H2,1H3,(H,28,32)(H,27,29,33);4-11,13-14H,1-3,12H2,(H,27,32)(H,26,28,33);4-11,13-14H,1-3,12,26H2,(H,28,32)(H,27,29,33);1H. The minimum atomic E-state index is -2.61. The first-order valence-corrected chi connectivity index (χ1v) is 46.5. The Balaban J connectivity index is 0.000000165. The van der Waals surface area contributed by atoms with E-state index in [2.05, 4.69) is 57.2 Å². The van der Waals surface area contributed by atoms with Crippen LogP contribution in [-0.2, 0) is 42.7 Å². The van der Waals surface area contributed by atoms with Crippen LogP contribution in [0.5, 0.6) is 0 Å². The molecule has 0 spiro atoms. The number of nitrogens with one attached hydrogen (secondary N) is 8. The molecule has 718 valence electrons. The lowest BCUT2D eigenvalue weighted by atomic mass is 9.95. The molecule has 0 aliphatic carbocycles. The van der Waals surface area contributed by atoms with Gasteiger partial charge in [-0.2, -0.15) is 13.2 Å². The fraction of sp³-hybridized carbons (Fsp3) is 0.192. The molecule has 8 aromatic carbocycles. The number of hydrogen-bond donors (Lipinski definition) is 10. The van der Waals surface area contributed by atoms with E-state index in [4.69, 9.17) is 76.9 Å². The number of aliphatic hydroxyl groups excluding tert-OH is 1. The van der Waals surface area contributed by atoms with Crippen LogP contribution in [0.4, 0.5) is 74.3 Å². The van der Waals surface area contributed by atoms with Crippen molar-refractivity contribution in [2.24, 2.45) is 0 Å². The van der Waals surface area contributed by atoms with Gasteiger partial charge in [-0.15, -0.1) is 0 Å². The summed E-state index contributed by atoms with van der Waals surface area (Å²) >= 11 is 29.5. The highest BCUT2D eigenvalue weighted by Crippen LogP contribution is 2.33. The molecule has 41 heteroatoms. The van der Waals surface area contributed by atoms with Gasteiger partial charge in [0.2, 0.25) is 23.6 Å². The number of Topliss-reactive ketones (excluding diaryl/α,β-unsaturated/α-hetero) is 1. The van der Waals surface area contributed by atoms with Gasteiger partial charge in [0.25, 0.3) is 47.0 Å². The second-order valence-corrected chi connectivity index (χ2v) is 34.4. The third-order valence-electron chi connectivity index (χ3n) is 21.9. The lowest BCUT2D eigenvalue weighted by Gasteiger charge is -2.26. The number of pyridine rings is 4. The number of nitrogen functional groups attached to an aromatic ring is 1. The highest BCUT2D eigenvalue weighted by molar-refractivity contribution is 7.60. The second-order valence-electron chi connectivity index (χ2n) is 31.8. The van der Waals surface area contributed by atoms with Gasteiger partial charge in [0.1, 0.15) is 23.1 Å². The molecule has 0 saturated carbocycles. The lowest BCUT2D eigenvalue weighted by molar-refractivity contribution is -0.384. The smallest absolute Gasteiger partial charge is 0.308 e. The zero-order chi connectivity index (χ0) is 100. The lowest BCUT2D eigenvalue weighted by Crippen LogP contribution is -2.35. The maximum atomic E-state index is 13.3. The fourth-order valence-electron chi connectivity index (χ4n) is 14.9. The number of aryl methyl sites for hydroxylation is 1. The first-order chi connectivity index (χ1) is 67.2. The molecule has 16 rings (SSSR count). The Morgan fingerprint density at radius 1 is 0.400 bits per heavy atom. The Bertz CT molecular complexity index is 6590. The molecule has 12 aromatic rings. The number of non-ortho nitro benzene ring substituents is 1. The molecule has 140 heavy (non-hydrogen) atoms.